The van der Waals surface area contributed by atoms with E-state index in [9.17, 15) is 22.8 Å². The number of fused-ring (bicyclic) bond motifs is 1. The highest BCUT2D eigenvalue weighted by molar-refractivity contribution is 6.03. The number of nitrogens with zero attached hydrogens (tertiary/aromatic N) is 2. The second-order valence-electron chi connectivity index (χ2n) is 7.24. The molecule has 30 heavy (non-hydrogen) atoms. The van der Waals surface area contributed by atoms with Crippen LogP contribution in [0, 0.1) is 5.92 Å². The van der Waals surface area contributed by atoms with Crippen molar-refractivity contribution in [1.82, 2.24) is 9.88 Å². The van der Waals surface area contributed by atoms with Crippen molar-refractivity contribution in [2.45, 2.75) is 19.1 Å². The van der Waals surface area contributed by atoms with E-state index in [1.54, 1.807) is 30.5 Å². The number of likely N-dealkylation sites (tertiary alicyclic amines) is 1. The molecule has 2 aromatic carbocycles. The van der Waals surface area contributed by atoms with Crippen molar-refractivity contribution in [1.29, 1.82) is 0 Å². The molecule has 4 rings (SSSR count). The maximum Gasteiger partial charge on any atom is 0.416 e. The fourth-order valence-electron chi connectivity index (χ4n) is 3.61. The zero-order valence-electron chi connectivity index (χ0n) is 15.8. The predicted molar refractivity (Wildman–Crippen MR) is 105 cm³/mol. The van der Waals surface area contributed by atoms with E-state index in [4.69, 9.17) is 0 Å². The molecule has 2 amide bonds. The van der Waals surface area contributed by atoms with Crippen molar-refractivity contribution in [2.75, 3.05) is 11.9 Å². The second kappa shape index (κ2) is 7.78. The van der Waals surface area contributed by atoms with Crippen LogP contribution < -0.4 is 5.32 Å². The van der Waals surface area contributed by atoms with Crippen LogP contribution in [0.2, 0.25) is 0 Å². The lowest BCUT2D eigenvalue weighted by atomic mass is 10.1. The Bertz CT molecular complexity index is 1110. The van der Waals surface area contributed by atoms with Gasteiger partial charge < -0.3 is 10.2 Å². The van der Waals surface area contributed by atoms with E-state index in [1.165, 1.54) is 11.0 Å². The Morgan fingerprint density at radius 1 is 1.13 bits per heavy atom. The van der Waals surface area contributed by atoms with Crippen LogP contribution in [0.1, 0.15) is 17.5 Å². The number of halogens is 3. The first-order chi connectivity index (χ1) is 14.3. The molecule has 1 saturated heterocycles. The summed E-state index contributed by atoms with van der Waals surface area (Å²) in [5.74, 6) is -1.13. The Balaban J connectivity index is 1.45. The van der Waals surface area contributed by atoms with Crippen molar-refractivity contribution in [3.05, 3.63) is 71.9 Å². The smallest absolute Gasteiger partial charge is 0.338 e. The van der Waals surface area contributed by atoms with Gasteiger partial charge in [0, 0.05) is 31.1 Å². The molecule has 8 heteroatoms. The van der Waals surface area contributed by atoms with Crippen LogP contribution in [0.15, 0.2) is 60.8 Å². The van der Waals surface area contributed by atoms with Gasteiger partial charge in [0.2, 0.25) is 11.8 Å². The Labute approximate surface area is 170 Å². The summed E-state index contributed by atoms with van der Waals surface area (Å²) in [5, 5.41) is 3.64. The quantitative estimate of drug-likeness (QED) is 0.696. The number of carbonyl (C=O) groups excluding carboxylic acids is 2. The number of aromatic nitrogens is 1. The maximum absolute atomic E-state index is 12.9. The minimum absolute atomic E-state index is 0.0216. The molecule has 1 fully saturated rings. The number of hydrogen-bond donors (Lipinski definition) is 1. The summed E-state index contributed by atoms with van der Waals surface area (Å²) in [4.78, 5) is 30.8. The van der Waals surface area contributed by atoms with Crippen LogP contribution in [-0.4, -0.2) is 28.2 Å². The zero-order chi connectivity index (χ0) is 21.3. The lowest BCUT2D eigenvalue weighted by Gasteiger charge is -2.18. The molecule has 1 atom stereocenters. The molecule has 0 aliphatic carbocycles. The number of hydrogen-bond acceptors (Lipinski definition) is 3. The highest BCUT2D eigenvalue weighted by atomic mass is 19.4. The van der Waals surface area contributed by atoms with Gasteiger partial charge in [0.05, 0.1) is 22.7 Å². The Morgan fingerprint density at radius 2 is 1.93 bits per heavy atom. The van der Waals surface area contributed by atoms with Gasteiger partial charge in [-0.05, 0) is 42.0 Å². The highest BCUT2D eigenvalue weighted by Gasteiger charge is 2.35. The van der Waals surface area contributed by atoms with Crippen molar-refractivity contribution in [2.24, 2.45) is 5.92 Å². The van der Waals surface area contributed by atoms with Crippen LogP contribution in [0.3, 0.4) is 0 Å². The normalized spacial score (nSPS) is 16.8. The summed E-state index contributed by atoms with van der Waals surface area (Å²) in [5.41, 5.74) is 0.961. The van der Waals surface area contributed by atoms with Crippen LogP contribution in [0.4, 0.5) is 18.9 Å². The molecule has 5 nitrogen and oxygen atoms in total. The fourth-order valence-corrected chi connectivity index (χ4v) is 3.61. The Kier molecular flexibility index (Phi) is 5.15. The van der Waals surface area contributed by atoms with E-state index >= 15 is 0 Å². The number of nitrogens with one attached hydrogen (secondary N) is 1. The topological polar surface area (TPSA) is 62.3 Å². The van der Waals surface area contributed by atoms with Crippen LogP contribution >= 0.6 is 0 Å². The summed E-state index contributed by atoms with van der Waals surface area (Å²) in [6.45, 7) is 0.189. The van der Waals surface area contributed by atoms with Gasteiger partial charge in [-0.1, -0.05) is 18.2 Å². The Morgan fingerprint density at radius 3 is 2.73 bits per heavy atom. The third kappa shape index (κ3) is 4.12. The second-order valence-corrected chi connectivity index (χ2v) is 7.24. The van der Waals surface area contributed by atoms with Crippen molar-refractivity contribution in [3.8, 4) is 0 Å². The summed E-state index contributed by atoms with van der Waals surface area (Å²) >= 11 is 0. The van der Waals surface area contributed by atoms with Gasteiger partial charge in [0.1, 0.15) is 0 Å². The van der Waals surface area contributed by atoms with E-state index in [0.717, 1.165) is 23.0 Å². The number of amides is 2. The third-order valence-corrected chi connectivity index (χ3v) is 5.12. The predicted octanol–water partition coefficient (Wildman–Crippen LogP) is 4.24. The molecule has 1 aliphatic rings. The van der Waals surface area contributed by atoms with E-state index in [2.05, 4.69) is 10.3 Å². The SMILES string of the molecule is O=C(Nc1cccc2ncccc12)C1CC(=O)N(Cc2cccc(C(F)(F)F)c2)C1. The van der Waals surface area contributed by atoms with Gasteiger partial charge in [-0.2, -0.15) is 13.2 Å². The van der Waals surface area contributed by atoms with Gasteiger partial charge in [-0.25, -0.2) is 0 Å². The number of pyridine rings is 1. The first-order valence-electron chi connectivity index (χ1n) is 9.40. The summed E-state index contributed by atoms with van der Waals surface area (Å²) in [6, 6.07) is 13.9. The van der Waals surface area contributed by atoms with Crippen molar-refractivity contribution < 1.29 is 22.8 Å². The van der Waals surface area contributed by atoms with Gasteiger partial charge in [-0.15, -0.1) is 0 Å². The van der Waals surface area contributed by atoms with Crippen molar-refractivity contribution >= 4 is 28.4 Å². The molecule has 0 saturated carbocycles. The minimum atomic E-state index is -4.44. The molecule has 0 bridgehead atoms. The third-order valence-electron chi connectivity index (χ3n) is 5.12. The number of anilines is 1. The highest BCUT2D eigenvalue weighted by Crippen LogP contribution is 2.30. The molecule has 3 aromatic rings. The summed E-state index contributed by atoms with van der Waals surface area (Å²) in [7, 11) is 0. The minimum Gasteiger partial charge on any atom is -0.338 e. The van der Waals surface area contributed by atoms with E-state index < -0.39 is 17.7 Å². The van der Waals surface area contributed by atoms with E-state index in [0.29, 0.717) is 11.3 Å². The Hall–Kier alpha value is -3.42. The molecule has 1 unspecified atom stereocenters. The molecular formula is C22H18F3N3O2. The largest absolute Gasteiger partial charge is 0.416 e. The summed E-state index contributed by atoms with van der Waals surface area (Å²) in [6.07, 6.45) is -2.76. The zero-order valence-corrected chi connectivity index (χ0v) is 15.8. The van der Waals surface area contributed by atoms with E-state index in [-0.39, 0.29) is 31.3 Å². The molecular weight excluding hydrogens is 395 g/mol. The number of rotatable bonds is 4. The molecule has 1 N–H and O–H groups in total. The van der Waals surface area contributed by atoms with Gasteiger partial charge in [0.15, 0.2) is 0 Å². The van der Waals surface area contributed by atoms with Crippen LogP contribution in [0.25, 0.3) is 10.9 Å². The summed E-state index contributed by atoms with van der Waals surface area (Å²) < 4.78 is 38.7. The van der Waals surface area contributed by atoms with E-state index in [1.807, 2.05) is 12.1 Å². The standard InChI is InChI=1S/C22H18F3N3O2/c23-22(24,25)16-5-1-4-14(10-16)12-28-13-15(11-20(28)29)21(30)27-19-8-2-7-18-17(19)6-3-9-26-18/h1-10,15H,11-13H2,(H,27,30). The number of alkyl halides is 3. The lowest BCUT2D eigenvalue weighted by molar-refractivity contribution is -0.137. The van der Waals surface area contributed by atoms with Gasteiger partial charge >= 0.3 is 6.18 Å². The maximum atomic E-state index is 12.9. The average molecular weight is 413 g/mol. The van der Waals surface area contributed by atoms with Gasteiger partial charge in [0.25, 0.3) is 0 Å². The van der Waals surface area contributed by atoms with Crippen LogP contribution in [0.5, 0.6) is 0 Å². The molecule has 1 aliphatic heterocycles. The molecule has 1 aromatic heterocycles. The monoisotopic (exact) mass is 413 g/mol. The van der Waals surface area contributed by atoms with Gasteiger partial charge in [-0.3, -0.25) is 14.6 Å². The lowest BCUT2D eigenvalue weighted by Crippen LogP contribution is -2.28. The molecule has 2 heterocycles. The number of carbonyl (C=O) groups is 2. The molecule has 0 radical (unpaired) electrons. The molecule has 154 valence electrons. The first kappa shape index (κ1) is 19.9. The van der Waals surface area contributed by atoms with Crippen LogP contribution in [-0.2, 0) is 22.3 Å². The molecule has 0 spiro atoms. The van der Waals surface area contributed by atoms with Crippen molar-refractivity contribution in [3.63, 3.8) is 0 Å². The number of benzene rings is 2. The fraction of sp³-hybridized carbons (Fsp3) is 0.227. The first-order valence-corrected chi connectivity index (χ1v) is 9.40. The average Bonchev–Trinajstić information content (AvgIpc) is 3.08.